The molecule has 0 bridgehead atoms. The molecule has 7 nitrogen and oxygen atoms in total. The van der Waals surface area contributed by atoms with E-state index < -0.39 is 0 Å². The maximum absolute atomic E-state index is 12.4. The van der Waals surface area contributed by atoms with Gasteiger partial charge < -0.3 is 14.1 Å². The van der Waals surface area contributed by atoms with Crippen LogP contribution in [0.2, 0.25) is 0 Å². The number of thiophene rings is 1. The lowest BCUT2D eigenvalue weighted by Crippen LogP contribution is -2.40. The lowest BCUT2D eigenvalue weighted by Gasteiger charge is -2.30. The molecule has 144 valence electrons. The monoisotopic (exact) mass is 397 g/mol. The Kier molecular flexibility index (Phi) is 5.48. The number of aromatic nitrogens is 2. The first-order chi connectivity index (χ1) is 13.7. The number of carbonyl (C=O) groups excluding carboxylic acids is 2. The molecule has 28 heavy (non-hydrogen) atoms. The van der Waals surface area contributed by atoms with Crippen molar-refractivity contribution in [2.75, 3.05) is 13.1 Å². The third-order valence-corrected chi connectivity index (χ3v) is 5.53. The van der Waals surface area contributed by atoms with Gasteiger partial charge in [0.05, 0.1) is 10.8 Å². The Bertz CT molecular complexity index is 932. The number of amides is 1. The second kappa shape index (κ2) is 8.35. The molecule has 1 aliphatic heterocycles. The quantitative estimate of drug-likeness (QED) is 0.614. The molecule has 1 aromatic carbocycles. The van der Waals surface area contributed by atoms with Crippen LogP contribution in [-0.2, 0) is 16.1 Å². The summed E-state index contributed by atoms with van der Waals surface area (Å²) < 4.78 is 10.9. The summed E-state index contributed by atoms with van der Waals surface area (Å²) >= 11 is 1.43. The first kappa shape index (κ1) is 18.4. The Balaban J connectivity index is 1.26. The second-order valence-corrected chi connectivity index (χ2v) is 7.47. The van der Waals surface area contributed by atoms with Gasteiger partial charge >= 0.3 is 5.97 Å². The molecule has 1 amide bonds. The molecule has 1 fully saturated rings. The summed E-state index contributed by atoms with van der Waals surface area (Å²) in [5, 5.41) is 9.79. The van der Waals surface area contributed by atoms with E-state index in [1.807, 2.05) is 47.8 Å². The minimum atomic E-state index is -0.289. The summed E-state index contributed by atoms with van der Waals surface area (Å²) in [6.07, 6.45) is 1.18. The minimum absolute atomic E-state index is 0.0288. The molecule has 0 radical (unpaired) electrons. The van der Waals surface area contributed by atoms with E-state index in [1.165, 1.54) is 11.3 Å². The number of likely N-dealkylation sites (tertiary alicyclic amines) is 1. The molecule has 0 aliphatic carbocycles. The molecule has 0 spiro atoms. The van der Waals surface area contributed by atoms with Gasteiger partial charge in [-0.05, 0) is 36.4 Å². The third-order valence-electron chi connectivity index (χ3n) is 4.67. The van der Waals surface area contributed by atoms with Crippen LogP contribution in [0.3, 0.4) is 0 Å². The fourth-order valence-corrected chi connectivity index (χ4v) is 3.83. The molecular formula is C20H19N3O4S. The molecule has 1 saturated heterocycles. The molecule has 3 aromatic rings. The first-order valence-corrected chi connectivity index (χ1v) is 9.96. The van der Waals surface area contributed by atoms with E-state index in [4.69, 9.17) is 9.15 Å². The van der Waals surface area contributed by atoms with Gasteiger partial charge in [-0.1, -0.05) is 24.3 Å². The van der Waals surface area contributed by atoms with E-state index in [0.29, 0.717) is 31.8 Å². The zero-order chi connectivity index (χ0) is 19.3. The van der Waals surface area contributed by atoms with Gasteiger partial charge in [0.2, 0.25) is 5.89 Å². The Morgan fingerprint density at radius 2 is 1.89 bits per heavy atom. The van der Waals surface area contributed by atoms with Crippen LogP contribution in [0.15, 0.2) is 52.3 Å². The van der Waals surface area contributed by atoms with Gasteiger partial charge in [0.1, 0.15) is 0 Å². The number of benzene rings is 1. The molecule has 8 heteroatoms. The Hall–Kier alpha value is -3.00. The molecule has 0 N–H and O–H groups in total. The smallest absolute Gasteiger partial charge is 0.309 e. The Morgan fingerprint density at radius 1 is 1.11 bits per heavy atom. The Labute approximate surface area is 165 Å². The van der Waals surface area contributed by atoms with Crippen molar-refractivity contribution in [3.05, 3.63) is 58.6 Å². The van der Waals surface area contributed by atoms with Crippen LogP contribution in [0.5, 0.6) is 0 Å². The summed E-state index contributed by atoms with van der Waals surface area (Å²) in [6, 6.07) is 13.1. The normalized spacial score (nSPS) is 14.8. The highest BCUT2D eigenvalue weighted by Crippen LogP contribution is 2.23. The molecular weight excluding hydrogens is 378 g/mol. The van der Waals surface area contributed by atoms with Gasteiger partial charge in [-0.15, -0.1) is 21.5 Å². The van der Waals surface area contributed by atoms with E-state index in [0.717, 1.165) is 10.4 Å². The zero-order valence-corrected chi connectivity index (χ0v) is 15.9. The van der Waals surface area contributed by atoms with Crippen molar-refractivity contribution in [3.63, 3.8) is 0 Å². The average molecular weight is 397 g/mol. The molecule has 4 rings (SSSR count). The SMILES string of the molecule is O=C(OCc1nnc(-c2ccccc2)o1)C1CCN(C(=O)c2cccs2)CC1. The topological polar surface area (TPSA) is 85.5 Å². The summed E-state index contributed by atoms with van der Waals surface area (Å²) in [4.78, 5) is 27.2. The van der Waals surface area contributed by atoms with Crippen molar-refractivity contribution in [3.8, 4) is 11.5 Å². The van der Waals surface area contributed by atoms with Crippen molar-refractivity contribution in [2.24, 2.45) is 5.92 Å². The fourth-order valence-electron chi connectivity index (χ4n) is 3.13. The van der Waals surface area contributed by atoms with Crippen molar-refractivity contribution >= 4 is 23.2 Å². The van der Waals surface area contributed by atoms with Gasteiger partial charge in [-0.2, -0.15) is 0 Å². The fraction of sp³-hybridized carbons (Fsp3) is 0.300. The van der Waals surface area contributed by atoms with Crippen LogP contribution in [-0.4, -0.2) is 40.1 Å². The predicted octanol–water partition coefficient (Wildman–Crippen LogP) is 3.39. The van der Waals surface area contributed by atoms with E-state index in [1.54, 1.807) is 4.90 Å². The highest BCUT2D eigenvalue weighted by Gasteiger charge is 2.29. The minimum Gasteiger partial charge on any atom is -0.455 e. The van der Waals surface area contributed by atoms with E-state index in [9.17, 15) is 9.59 Å². The number of piperidine rings is 1. The highest BCUT2D eigenvalue weighted by atomic mass is 32.1. The van der Waals surface area contributed by atoms with Gasteiger partial charge in [-0.25, -0.2) is 0 Å². The van der Waals surface area contributed by atoms with Gasteiger partial charge in [0.25, 0.3) is 11.8 Å². The molecule has 1 aliphatic rings. The van der Waals surface area contributed by atoms with E-state index >= 15 is 0 Å². The first-order valence-electron chi connectivity index (χ1n) is 9.08. The van der Waals surface area contributed by atoms with Gasteiger partial charge in [0, 0.05) is 18.7 Å². The number of ether oxygens (including phenoxy) is 1. The number of hydrogen-bond donors (Lipinski definition) is 0. The van der Waals surface area contributed by atoms with Crippen LogP contribution in [0.1, 0.15) is 28.4 Å². The molecule has 2 aromatic heterocycles. The zero-order valence-electron chi connectivity index (χ0n) is 15.1. The van der Waals surface area contributed by atoms with Crippen LogP contribution >= 0.6 is 11.3 Å². The number of carbonyl (C=O) groups is 2. The maximum atomic E-state index is 12.4. The molecule has 0 unspecified atom stereocenters. The summed E-state index contributed by atoms with van der Waals surface area (Å²) in [5.74, 6) is 0.178. The van der Waals surface area contributed by atoms with Gasteiger partial charge in [-0.3, -0.25) is 9.59 Å². The summed E-state index contributed by atoms with van der Waals surface area (Å²) in [5.41, 5.74) is 0.815. The molecule has 0 saturated carbocycles. The molecule has 3 heterocycles. The summed E-state index contributed by atoms with van der Waals surface area (Å²) in [7, 11) is 0. The number of nitrogens with zero attached hydrogens (tertiary/aromatic N) is 3. The van der Waals surface area contributed by atoms with Crippen molar-refractivity contribution < 1.29 is 18.7 Å². The largest absolute Gasteiger partial charge is 0.455 e. The predicted molar refractivity (Wildman–Crippen MR) is 102 cm³/mol. The van der Waals surface area contributed by atoms with Gasteiger partial charge in [0.15, 0.2) is 6.61 Å². The second-order valence-electron chi connectivity index (χ2n) is 6.52. The maximum Gasteiger partial charge on any atom is 0.309 e. The number of esters is 1. The van der Waals surface area contributed by atoms with Crippen molar-refractivity contribution in [2.45, 2.75) is 19.4 Å². The lowest BCUT2D eigenvalue weighted by atomic mass is 9.97. The lowest BCUT2D eigenvalue weighted by molar-refractivity contribution is -0.152. The third kappa shape index (κ3) is 4.12. The van der Waals surface area contributed by atoms with E-state index in [2.05, 4.69) is 10.2 Å². The van der Waals surface area contributed by atoms with Crippen molar-refractivity contribution in [1.82, 2.24) is 15.1 Å². The van der Waals surface area contributed by atoms with Crippen LogP contribution in [0, 0.1) is 5.92 Å². The molecule has 0 atom stereocenters. The highest BCUT2D eigenvalue weighted by molar-refractivity contribution is 7.12. The summed E-state index contributed by atoms with van der Waals surface area (Å²) in [6.45, 7) is 1.05. The van der Waals surface area contributed by atoms with Crippen LogP contribution < -0.4 is 0 Å². The Morgan fingerprint density at radius 3 is 2.61 bits per heavy atom. The van der Waals surface area contributed by atoms with Crippen molar-refractivity contribution in [1.29, 1.82) is 0 Å². The number of hydrogen-bond acceptors (Lipinski definition) is 7. The van der Waals surface area contributed by atoms with Crippen LogP contribution in [0.4, 0.5) is 0 Å². The number of rotatable bonds is 5. The average Bonchev–Trinajstić information content (AvgIpc) is 3.44. The van der Waals surface area contributed by atoms with Crippen LogP contribution in [0.25, 0.3) is 11.5 Å². The standard InChI is InChI=1S/C20H19N3O4S/c24-19(16-7-4-12-28-16)23-10-8-15(9-11-23)20(25)26-13-17-21-22-18(27-17)14-5-2-1-3-6-14/h1-7,12,15H,8-11,13H2. The van der Waals surface area contributed by atoms with E-state index in [-0.39, 0.29) is 30.3 Å².